The van der Waals surface area contributed by atoms with Gasteiger partial charge in [-0.1, -0.05) is 91.0 Å². The van der Waals surface area contributed by atoms with Crippen molar-refractivity contribution in [2.45, 2.75) is 56.9 Å². The average Bonchev–Trinajstić information content (AvgIpc) is 2.92. The summed E-state index contributed by atoms with van der Waals surface area (Å²) in [5, 5.41) is 0. The Morgan fingerprint density at radius 3 is 1.51 bits per heavy atom. The van der Waals surface area contributed by atoms with Crippen molar-refractivity contribution in [3.63, 3.8) is 0 Å². The van der Waals surface area contributed by atoms with Crippen molar-refractivity contribution in [2.75, 3.05) is 7.11 Å². The SMILES string of the molecule is C#CC[C@H]1O[C@H](OC)[C@@H](OCc2ccccc2)[C@@H](OCc2ccccc2)[C@@H]1OCc1ccccc1. The Morgan fingerprint density at radius 2 is 1.09 bits per heavy atom. The Labute approximate surface area is 207 Å². The molecule has 1 aliphatic heterocycles. The lowest BCUT2D eigenvalue weighted by atomic mass is 9.96. The van der Waals surface area contributed by atoms with Gasteiger partial charge in [-0.3, -0.25) is 0 Å². The van der Waals surface area contributed by atoms with Gasteiger partial charge in [-0.15, -0.1) is 12.3 Å². The van der Waals surface area contributed by atoms with Gasteiger partial charge in [0.25, 0.3) is 0 Å². The predicted molar refractivity (Wildman–Crippen MR) is 134 cm³/mol. The summed E-state index contributed by atoms with van der Waals surface area (Å²) in [5.41, 5.74) is 3.17. The lowest BCUT2D eigenvalue weighted by Crippen LogP contribution is -2.60. The Balaban J connectivity index is 1.58. The van der Waals surface area contributed by atoms with Crippen LogP contribution in [0.15, 0.2) is 91.0 Å². The van der Waals surface area contributed by atoms with E-state index in [9.17, 15) is 0 Å². The highest BCUT2D eigenvalue weighted by Gasteiger charge is 2.48. The van der Waals surface area contributed by atoms with Gasteiger partial charge in [0.05, 0.1) is 19.8 Å². The van der Waals surface area contributed by atoms with E-state index in [2.05, 4.69) is 5.92 Å². The molecule has 0 spiro atoms. The van der Waals surface area contributed by atoms with E-state index >= 15 is 0 Å². The van der Waals surface area contributed by atoms with Crippen molar-refractivity contribution in [3.8, 4) is 12.3 Å². The number of rotatable bonds is 11. The van der Waals surface area contributed by atoms with Crippen molar-refractivity contribution in [1.82, 2.24) is 0 Å². The monoisotopic (exact) mass is 472 g/mol. The number of methoxy groups -OCH3 is 1. The van der Waals surface area contributed by atoms with E-state index in [1.807, 2.05) is 91.0 Å². The highest BCUT2D eigenvalue weighted by molar-refractivity contribution is 5.16. The van der Waals surface area contributed by atoms with E-state index in [0.29, 0.717) is 26.2 Å². The summed E-state index contributed by atoms with van der Waals surface area (Å²) in [6.45, 7) is 1.20. The Kier molecular flexibility index (Phi) is 9.47. The molecule has 5 heteroatoms. The van der Waals surface area contributed by atoms with Gasteiger partial charge in [-0.25, -0.2) is 0 Å². The molecule has 0 aromatic heterocycles. The maximum absolute atomic E-state index is 6.50. The van der Waals surface area contributed by atoms with Gasteiger partial charge < -0.3 is 23.7 Å². The second-order valence-electron chi connectivity index (χ2n) is 8.47. The van der Waals surface area contributed by atoms with Crippen LogP contribution in [-0.2, 0) is 43.5 Å². The summed E-state index contributed by atoms with van der Waals surface area (Å²) in [6, 6.07) is 30.1. The molecule has 3 aromatic rings. The van der Waals surface area contributed by atoms with Gasteiger partial charge in [0.1, 0.15) is 24.4 Å². The second-order valence-corrected chi connectivity index (χ2v) is 8.47. The minimum atomic E-state index is -0.644. The van der Waals surface area contributed by atoms with Crippen LogP contribution in [0.4, 0.5) is 0 Å². The van der Waals surface area contributed by atoms with Crippen LogP contribution in [0.3, 0.4) is 0 Å². The lowest BCUT2D eigenvalue weighted by molar-refractivity contribution is -0.316. The maximum Gasteiger partial charge on any atom is 0.186 e. The molecule has 1 saturated heterocycles. The van der Waals surface area contributed by atoms with Crippen LogP contribution in [-0.4, -0.2) is 37.8 Å². The number of hydrogen-bond acceptors (Lipinski definition) is 5. The van der Waals surface area contributed by atoms with Crippen LogP contribution < -0.4 is 0 Å². The normalized spacial score (nSPS) is 24.1. The van der Waals surface area contributed by atoms with E-state index in [1.165, 1.54) is 0 Å². The molecule has 1 fully saturated rings. The van der Waals surface area contributed by atoms with Crippen LogP contribution in [0.2, 0.25) is 0 Å². The molecule has 5 nitrogen and oxygen atoms in total. The fourth-order valence-corrected chi connectivity index (χ4v) is 4.22. The molecule has 0 unspecified atom stereocenters. The van der Waals surface area contributed by atoms with Crippen molar-refractivity contribution in [1.29, 1.82) is 0 Å². The van der Waals surface area contributed by atoms with Crippen LogP contribution in [0.5, 0.6) is 0 Å². The first kappa shape index (κ1) is 25.1. The van der Waals surface area contributed by atoms with Gasteiger partial charge in [-0.05, 0) is 16.7 Å². The average molecular weight is 473 g/mol. The second kappa shape index (κ2) is 13.2. The molecule has 1 heterocycles. The third kappa shape index (κ3) is 7.02. The smallest absolute Gasteiger partial charge is 0.186 e. The zero-order valence-electron chi connectivity index (χ0n) is 20.0. The Morgan fingerprint density at radius 1 is 0.657 bits per heavy atom. The molecule has 5 atom stereocenters. The standard InChI is InChI=1S/C30H32O5/c1-3-13-26-27(32-20-23-14-7-4-8-15-23)28(33-21-24-16-9-5-10-17-24)29(30(31-2)35-26)34-22-25-18-11-6-12-19-25/h1,4-12,14-19,26-30H,13,20-22H2,2H3/t26-,27-,28+,29+,30+/m1/s1. The molecule has 35 heavy (non-hydrogen) atoms. The molecule has 3 aromatic carbocycles. The molecule has 0 bridgehead atoms. The van der Waals surface area contributed by atoms with Crippen molar-refractivity contribution < 1.29 is 23.7 Å². The Bertz CT molecular complexity index is 1030. The largest absolute Gasteiger partial charge is 0.368 e. The summed E-state index contributed by atoms with van der Waals surface area (Å²) < 4.78 is 31.3. The van der Waals surface area contributed by atoms with Crippen molar-refractivity contribution in [3.05, 3.63) is 108 Å². The molecular weight excluding hydrogens is 440 g/mol. The van der Waals surface area contributed by atoms with E-state index in [1.54, 1.807) is 7.11 Å². The summed E-state index contributed by atoms with van der Waals surface area (Å²) in [7, 11) is 1.61. The van der Waals surface area contributed by atoms with Crippen molar-refractivity contribution in [2.24, 2.45) is 0 Å². The minimum Gasteiger partial charge on any atom is -0.368 e. The van der Waals surface area contributed by atoms with Crippen LogP contribution in [0.25, 0.3) is 0 Å². The maximum atomic E-state index is 6.50. The minimum absolute atomic E-state index is 0.371. The van der Waals surface area contributed by atoms with E-state index in [0.717, 1.165) is 16.7 Å². The zero-order valence-corrected chi connectivity index (χ0v) is 20.0. The first-order valence-corrected chi connectivity index (χ1v) is 11.9. The van der Waals surface area contributed by atoms with Gasteiger partial charge in [-0.2, -0.15) is 0 Å². The Hall–Kier alpha value is -2.98. The molecule has 182 valence electrons. The lowest BCUT2D eigenvalue weighted by Gasteiger charge is -2.45. The highest BCUT2D eigenvalue weighted by atomic mass is 16.7. The number of benzene rings is 3. The summed E-state index contributed by atoms with van der Waals surface area (Å²) in [6.07, 6.45) is 3.61. The number of ether oxygens (including phenoxy) is 5. The molecule has 0 amide bonds. The van der Waals surface area contributed by atoms with Crippen LogP contribution in [0.1, 0.15) is 23.1 Å². The molecule has 1 aliphatic rings. The van der Waals surface area contributed by atoms with Crippen molar-refractivity contribution >= 4 is 0 Å². The van der Waals surface area contributed by atoms with Gasteiger partial charge in [0, 0.05) is 13.5 Å². The first-order valence-electron chi connectivity index (χ1n) is 11.9. The van der Waals surface area contributed by atoms with Gasteiger partial charge in [0.2, 0.25) is 0 Å². The molecule has 0 saturated carbocycles. The highest BCUT2D eigenvalue weighted by Crippen LogP contribution is 2.32. The van der Waals surface area contributed by atoms with Gasteiger partial charge >= 0.3 is 0 Å². The molecule has 0 aliphatic carbocycles. The first-order chi connectivity index (χ1) is 17.3. The molecule has 0 N–H and O–H groups in total. The predicted octanol–water partition coefficient (Wildman–Crippen LogP) is 5.14. The van der Waals surface area contributed by atoms with E-state index in [-0.39, 0.29) is 0 Å². The summed E-state index contributed by atoms with van der Waals surface area (Å²) >= 11 is 0. The number of terminal acetylenes is 1. The molecule has 0 radical (unpaired) electrons. The van der Waals surface area contributed by atoms with E-state index < -0.39 is 30.7 Å². The quantitative estimate of drug-likeness (QED) is 0.362. The fourth-order valence-electron chi connectivity index (χ4n) is 4.22. The van der Waals surface area contributed by atoms with Crippen LogP contribution >= 0.6 is 0 Å². The third-order valence-corrected chi connectivity index (χ3v) is 6.00. The molecule has 4 rings (SSSR count). The number of hydrogen-bond donors (Lipinski definition) is 0. The molecular formula is C30H32O5. The zero-order chi connectivity index (χ0) is 24.3. The van der Waals surface area contributed by atoms with E-state index in [4.69, 9.17) is 30.1 Å². The van der Waals surface area contributed by atoms with Gasteiger partial charge in [0.15, 0.2) is 6.29 Å². The fraction of sp³-hybridized carbons (Fsp3) is 0.333. The summed E-state index contributed by atoms with van der Waals surface area (Å²) in [5.74, 6) is 2.72. The van der Waals surface area contributed by atoms with Crippen LogP contribution in [0, 0.1) is 12.3 Å². The summed E-state index contributed by atoms with van der Waals surface area (Å²) in [4.78, 5) is 0. The third-order valence-electron chi connectivity index (χ3n) is 6.00. The topological polar surface area (TPSA) is 46.2 Å².